The van der Waals surface area contributed by atoms with Gasteiger partial charge in [-0.2, -0.15) is 0 Å². The molecule has 2 heteroatoms. The Labute approximate surface area is 178 Å². The average molecular weight is 401 g/mol. The molecule has 2 N–H and O–H groups in total. The number of allylic oxidation sites excluding steroid dienone is 4. The summed E-state index contributed by atoms with van der Waals surface area (Å²) in [6.07, 6.45) is 14.6. The van der Waals surface area contributed by atoms with Crippen molar-refractivity contribution >= 4 is 0 Å². The van der Waals surface area contributed by atoms with Crippen molar-refractivity contribution in [1.82, 2.24) is 0 Å². The highest BCUT2D eigenvalue weighted by atomic mass is 16.3. The molecule has 0 aliphatic heterocycles. The first-order valence-corrected chi connectivity index (χ1v) is 12.4. The van der Waals surface area contributed by atoms with Gasteiger partial charge in [-0.25, -0.2) is 0 Å². The summed E-state index contributed by atoms with van der Waals surface area (Å²) in [4.78, 5) is 0. The highest BCUT2D eigenvalue weighted by molar-refractivity contribution is 5.28. The van der Waals surface area contributed by atoms with Gasteiger partial charge in [0, 0.05) is 0 Å². The van der Waals surface area contributed by atoms with E-state index < -0.39 is 12.2 Å². The molecule has 0 amide bonds. The summed E-state index contributed by atoms with van der Waals surface area (Å²) >= 11 is 0. The average Bonchev–Trinajstić information content (AvgIpc) is 3.02. The van der Waals surface area contributed by atoms with Gasteiger partial charge in [-0.3, -0.25) is 0 Å². The van der Waals surface area contributed by atoms with Gasteiger partial charge in [-0.05, 0) is 112 Å². The van der Waals surface area contributed by atoms with Crippen molar-refractivity contribution in [3.8, 4) is 0 Å². The highest BCUT2D eigenvalue weighted by Crippen LogP contribution is 2.66. The van der Waals surface area contributed by atoms with Crippen molar-refractivity contribution < 1.29 is 10.2 Å². The van der Waals surface area contributed by atoms with Crippen LogP contribution in [0.15, 0.2) is 23.3 Å². The molecule has 2 nitrogen and oxygen atoms in total. The third-order valence-corrected chi connectivity index (χ3v) is 10.1. The van der Waals surface area contributed by atoms with Crippen molar-refractivity contribution in [2.24, 2.45) is 40.4 Å². The van der Waals surface area contributed by atoms with E-state index in [9.17, 15) is 10.2 Å². The summed E-state index contributed by atoms with van der Waals surface area (Å²) in [6.45, 7) is 12.0. The molecule has 3 saturated carbocycles. The Morgan fingerprint density at radius 2 is 1.76 bits per heavy atom. The lowest BCUT2D eigenvalue weighted by atomic mass is 9.47. The van der Waals surface area contributed by atoms with Crippen molar-refractivity contribution in [1.29, 1.82) is 0 Å². The van der Waals surface area contributed by atoms with Gasteiger partial charge >= 0.3 is 0 Å². The molecule has 0 aromatic carbocycles. The zero-order chi connectivity index (χ0) is 21.0. The van der Waals surface area contributed by atoms with Crippen molar-refractivity contribution in [2.45, 2.75) is 105 Å². The summed E-state index contributed by atoms with van der Waals surface area (Å²) in [5, 5.41) is 21.0. The maximum Gasteiger partial charge on any atom is 0.0835 e. The Morgan fingerprint density at radius 3 is 2.48 bits per heavy atom. The summed E-state index contributed by atoms with van der Waals surface area (Å²) in [5.74, 6) is 3.27. The third kappa shape index (κ3) is 3.47. The Balaban J connectivity index is 1.54. The van der Waals surface area contributed by atoms with E-state index in [1.807, 2.05) is 0 Å². The summed E-state index contributed by atoms with van der Waals surface area (Å²) in [7, 11) is 0. The number of fused-ring (bicyclic) bond motifs is 5. The normalized spacial score (nSPS) is 47.5. The number of rotatable bonds is 4. The lowest BCUT2D eigenvalue weighted by Gasteiger charge is -2.58. The van der Waals surface area contributed by atoms with Gasteiger partial charge in [-0.1, -0.05) is 44.1 Å². The molecule has 0 radical (unpaired) electrons. The lowest BCUT2D eigenvalue weighted by Crippen LogP contribution is -2.55. The second-order valence-corrected chi connectivity index (χ2v) is 11.8. The molecule has 4 aliphatic rings. The maximum absolute atomic E-state index is 10.7. The molecule has 3 fully saturated rings. The molecule has 164 valence electrons. The molecule has 4 rings (SSSR count). The monoisotopic (exact) mass is 400 g/mol. The molecule has 29 heavy (non-hydrogen) atoms. The fourth-order valence-corrected chi connectivity index (χ4v) is 8.38. The minimum Gasteiger partial charge on any atom is -0.390 e. The Hall–Kier alpha value is -0.600. The number of hydrogen-bond donors (Lipinski definition) is 2. The van der Waals surface area contributed by atoms with Crippen LogP contribution in [0.2, 0.25) is 0 Å². The van der Waals surface area contributed by atoms with Crippen LogP contribution >= 0.6 is 0 Å². The van der Waals surface area contributed by atoms with Crippen molar-refractivity contribution in [3.63, 3.8) is 0 Å². The second kappa shape index (κ2) is 7.83. The van der Waals surface area contributed by atoms with Crippen LogP contribution in [0, 0.1) is 40.4 Å². The maximum atomic E-state index is 10.7. The van der Waals surface area contributed by atoms with E-state index in [0.29, 0.717) is 11.3 Å². The fourth-order valence-electron chi connectivity index (χ4n) is 8.38. The van der Waals surface area contributed by atoms with E-state index in [1.54, 1.807) is 5.57 Å². The highest BCUT2D eigenvalue weighted by Gasteiger charge is 2.59. The Morgan fingerprint density at radius 1 is 1.07 bits per heavy atom. The molecule has 0 bridgehead atoms. The predicted octanol–water partition coefficient (Wildman–Crippen LogP) is 6.28. The molecule has 0 saturated heterocycles. The summed E-state index contributed by atoms with van der Waals surface area (Å²) in [5.41, 5.74) is 3.84. The van der Waals surface area contributed by atoms with Crippen LogP contribution in [-0.4, -0.2) is 22.4 Å². The number of hydrogen-bond acceptors (Lipinski definition) is 2. The van der Waals surface area contributed by atoms with Gasteiger partial charge in [-0.15, -0.1) is 0 Å². The quantitative estimate of drug-likeness (QED) is 0.545. The van der Waals surface area contributed by atoms with Gasteiger partial charge in [0.2, 0.25) is 0 Å². The topological polar surface area (TPSA) is 40.5 Å². The van der Waals surface area contributed by atoms with E-state index >= 15 is 0 Å². The first-order chi connectivity index (χ1) is 13.7. The van der Waals surface area contributed by atoms with Gasteiger partial charge in [0.05, 0.1) is 12.2 Å². The van der Waals surface area contributed by atoms with E-state index in [1.165, 1.54) is 44.1 Å². The SMILES string of the molecule is CC(C)=CCC[C@@H](C)[C@H]1CC[C@H]2C3=CCC4C(O)C(O)CC[C@]4(C)[C@H]3CC[C@]12C. The summed E-state index contributed by atoms with van der Waals surface area (Å²) < 4.78 is 0. The first-order valence-electron chi connectivity index (χ1n) is 12.4. The van der Waals surface area contributed by atoms with E-state index in [-0.39, 0.29) is 11.3 Å². The zero-order valence-corrected chi connectivity index (χ0v) is 19.5. The standard InChI is InChI=1S/C27H44O2/c1-17(2)7-6-8-18(3)20-11-12-21-19-9-10-23-25(29)24(28)14-16-27(23,5)22(19)13-15-26(20,21)4/h7,9,18,20-25,28-29H,6,8,10-16H2,1-5H3/t18-,20-,21+,22+,23?,24?,25?,26-,27-/m1/s1. The van der Waals surface area contributed by atoms with Crippen LogP contribution in [-0.2, 0) is 0 Å². The minimum atomic E-state index is -0.536. The number of aliphatic hydroxyl groups excluding tert-OH is 2. The molecular formula is C27H44O2. The third-order valence-electron chi connectivity index (χ3n) is 10.1. The van der Waals surface area contributed by atoms with Crippen LogP contribution in [0.25, 0.3) is 0 Å². The molecule has 3 unspecified atom stereocenters. The van der Waals surface area contributed by atoms with Gasteiger partial charge in [0.25, 0.3) is 0 Å². The van der Waals surface area contributed by atoms with Crippen LogP contribution in [0.5, 0.6) is 0 Å². The molecule has 4 aliphatic carbocycles. The van der Waals surface area contributed by atoms with E-state index in [2.05, 4.69) is 46.8 Å². The van der Waals surface area contributed by atoms with Crippen molar-refractivity contribution in [3.05, 3.63) is 23.3 Å². The van der Waals surface area contributed by atoms with Gasteiger partial charge in [0.1, 0.15) is 0 Å². The largest absolute Gasteiger partial charge is 0.390 e. The number of aliphatic hydroxyl groups is 2. The van der Waals surface area contributed by atoms with Crippen LogP contribution in [0.1, 0.15) is 92.4 Å². The van der Waals surface area contributed by atoms with Crippen LogP contribution in [0.3, 0.4) is 0 Å². The van der Waals surface area contributed by atoms with Crippen LogP contribution in [0.4, 0.5) is 0 Å². The molecular weight excluding hydrogens is 356 g/mol. The minimum absolute atomic E-state index is 0.178. The Bertz CT molecular complexity index is 674. The van der Waals surface area contributed by atoms with E-state index in [4.69, 9.17) is 0 Å². The zero-order valence-electron chi connectivity index (χ0n) is 19.5. The molecule has 0 aromatic rings. The lowest BCUT2D eigenvalue weighted by molar-refractivity contribution is -0.124. The molecule has 0 aromatic heterocycles. The molecule has 0 heterocycles. The van der Waals surface area contributed by atoms with E-state index in [0.717, 1.165) is 37.0 Å². The smallest absolute Gasteiger partial charge is 0.0835 e. The Kier molecular flexibility index (Phi) is 5.84. The first kappa shape index (κ1) is 21.6. The van der Waals surface area contributed by atoms with Gasteiger partial charge in [0.15, 0.2) is 0 Å². The molecule has 9 atom stereocenters. The van der Waals surface area contributed by atoms with Crippen molar-refractivity contribution in [2.75, 3.05) is 0 Å². The van der Waals surface area contributed by atoms with Crippen LogP contribution < -0.4 is 0 Å². The fraction of sp³-hybridized carbons (Fsp3) is 0.852. The summed E-state index contributed by atoms with van der Waals surface area (Å²) in [6, 6.07) is 0. The van der Waals surface area contributed by atoms with Gasteiger partial charge < -0.3 is 10.2 Å². The molecule has 0 spiro atoms. The predicted molar refractivity (Wildman–Crippen MR) is 120 cm³/mol. The second-order valence-electron chi connectivity index (χ2n) is 11.8.